The van der Waals surface area contributed by atoms with Crippen LogP contribution in [0.1, 0.15) is 35.2 Å². The van der Waals surface area contributed by atoms with Crippen molar-refractivity contribution in [3.8, 4) is 0 Å². The molecule has 102 valence electrons. The van der Waals surface area contributed by atoms with Crippen molar-refractivity contribution < 1.29 is 18.0 Å². The fourth-order valence-corrected chi connectivity index (χ4v) is 1.76. The first-order valence-corrected chi connectivity index (χ1v) is 5.72. The fourth-order valence-electron chi connectivity index (χ4n) is 1.76. The van der Waals surface area contributed by atoms with Crippen molar-refractivity contribution >= 4 is 0 Å². The van der Waals surface area contributed by atoms with Crippen molar-refractivity contribution in [3.05, 3.63) is 34.4 Å². The lowest BCUT2D eigenvalue weighted by Crippen LogP contribution is -2.27. The van der Waals surface area contributed by atoms with Gasteiger partial charge in [-0.15, -0.1) is 0 Å². The third-order valence-electron chi connectivity index (χ3n) is 2.84. The van der Waals surface area contributed by atoms with E-state index in [1.807, 2.05) is 32.9 Å². The lowest BCUT2D eigenvalue weighted by molar-refractivity contribution is -0.192. The van der Waals surface area contributed by atoms with Crippen molar-refractivity contribution in [2.75, 3.05) is 6.61 Å². The normalized spacial score (nSPS) is 13.7. The second-order valence-electron chi connectivity index (χ2n) is 4.54. The minimum absolute atomic E-state index is 0.286. The molecule has 0 saturated carbocycles. The van der Waals surface area contributed by atoms with E-state index in [9.17, 15) is 13.2 Å². The van der Waals surface area contributed by atoms with E-state index >= 15 is 0 Å². The van der Waals surface area contributed by atoms with Gasteiger partial charge in [-0.3, -0.25) is 4.84 Å². The van der Waals surface area contributed by atoms with Crippen LogP contribution in [0.4, 0.5) is 13.2 Å². The Kier molecular flexibility index (Phi) is 4.76. The minimum atomic E-state index is -4.31. The van der Waals surface area contributed by atoms with E-state index in [4.69, 9.17) is 0 Å². The molecule has 5 heteroatoms. The SMILES string of the molecule is Cc1cc(C)c(C(C)NOCC(F)(F)F)cc1C. The molecule has 2 nitrogen and oxygen atoms in total. The number of nitrogens with one attached hydrogen (secondary N) is 1. The van der Waals surface area contributed by atoms with Gasteiger partial charge in [-0.2, -0.15) is 18.7 Å². The summed E-state index contributed by atoms with van der Waals surface area (Å²) >= 11 is 0. The van der Waals surface area contributed by atoms with Gasteiger partial charge in [-0.25, -0.2) is 0 Å². The summed E-state index contributed by atoms with van der Waals surface area (Å²) in [6.45, 7) is 6.39. The van der Waals surface area contributed by atoms with E-state index in [2.05, 4.69) is 10.3 Å². The molecule has 1 N–H and O–H groups in total. The largest absolute Gasteiger partial charge is 0.413 e. The van der Waals surface area contributed by atoms with Gasteiger partial charge in [0, 0.05) is 0 Å². The maximum Gasteiger partial charge on any atom is 0.413 e. The maximum atomic E-state index is 11.9. The Hall–Kier alpha value is -1.07. The molecule has 0 heterocycles. The molecule has 1 rings (SSSR count). The van der Waals surface area contributed by atoms with Gasteiger partial charge in [0.1, 0.15) is 0 Å². The molecule has 0 aliphatic rings. The van der Waals surface area contributed by atoms with E-state index in [0.717, 1.165) is 16.7 Å². The number of benzene rings is 1. The lowest BCUT2D eigenvalue weighted by Gasteiger charge is -2.18. The van der Waals surface area contributed by atoms with Crippen molar-refractivity contribution in [1.29, 1.82) is 0 Å². The van der Waals surface area contributed by atoms with E-state index < -0.39 is 12.8 Å². The quantitative estimate of drug-likeness (QED) is 0.833. The molecular weight excluding hydrogens is 243 g/mol. The van der Waals surface area contributed by atoms with Gasteiger partial charge in [0.15, 0.2) is 6.61 Å². The molecule has 1 atom stereocenters. The summed E-state index contributed by atoms with van der Waals surface area (Å²) in [5, 5.41) is 0. The average molecular weight is 261 g/mol. The summed E-state index contributed by atoms with van der Waals surface area (Å²) in [5.74, 6) is 0. The second-order valence-corrected chi connectivity index (χ2v) is 4.54. The van der Waals surface area contributed by atoms with Gasteiger partial charge in [0.25, 0.3) is 0 Å². The highest BCUT2D eigenvalue weighted by Gasteiger charge is 2.28. The summed E-state index contributed by atoms with van der Waals surface area (Å²) < 4.78 is 35.8. The second kappa shape index (κ2) is 5.71. The summed E-state index contributed by atoms with van der Waals surface area (Å²) in [6.07, 6.45) is -4.31. The zero-order chi connectivity index (χ0) is 13.9. The predicted octanol–water partition coefficient (Wildman–Crippen LogP) is 3.76. The Balaban J connectivity index is 2.67. The highest BCUT2D eigenvalue weighted by Crippen LogP contribution is 2.22. The Labute approximate surface area is 105 Å². The summed E-state index contributed by atoms with van der Waals surface area (Å²) in [4.78, 5) is 4.46. The van der Waals surface area contributed by atoms with Crippen LogP contribution < -0.4 is 5.48 Å². The third-order valence-corrected chi connectivity index (χ3v) is 2.84. The zero-order valence-electron chi connectivity index (χ0n) is 11.0. The number of hydrogen-bond acceptors (Lipinski definition) is 2. The topological polar surface area (TPSA) is 21.3 Å². The molecule has 0 aliphatic heterocycles. The van der Waals surface area contributed by atoms with Crippen LogP contribution in [-0.2, 0) is 4.84 Å². The first-order chi connectivity index (χ1) is 8.20. The van der Waals surface area contributed by atoms with E-state index in [1.165, 1.54) is 5.56 Å². The van der Waals surface area contributed by atoms with Gasteiger partial charge in [0.2, 0.25) is 0 Å². The molecule has 0 amide bonds. The first-order valence-electron chi connectivity index (χ1n) is 5.72. The van der Waals surface area contributed by atoms with Crippen LogP contribution in [0.25, 0.3) is 0 Å². The summed E-state index contributed by atoms with van der Waals surface area (Å²) in [6, 6.07) is 3.71. The van der Waals surface area contributed by atoms with E-state index in [1.54, 1.807) is 6.92 Å². The van der Waals surface area contributed by atoms with Crippen LogP contribution in [0.3, 0.4) is 0 Å². The number of rotatable bonds is 4. The molecule has 0 fully saturated rings. The first kappa shape index (κ1) is 15.0. The van der Waals surface area contributed by atoms with E-state index in [-0.39, 0.29) is 6.04 Å². The number of halogens is 3. The number of hydrogen-bond donors (Lipinski definition) is 1. The Bertz CT molecular complexity index is 415. The maximum absolute atomic E-state index is 11.9. The molecule has 0 radical (unpaired) electrons. The van der Waals surface area contributed by atoms with Crippen molar-refractivity contribution in [3.63, 3.8) is 0 Å². The summed E-state index contributed by atoms with van der Waals surface area (Å²) in [7, 11) is 0. The van der Waals surface area contributed by atoms with Crippen molar-refractivity contribution in [1.82, 2.24) is 5.48 Å². The number of hydroxylamine groups is 1. The monoisotopic (exact) mass is 261 g/mol. The highest BCUT2D eigenvalue weighted by molar-refractivity contribution is 5.37. The van der Waals surface area contributed by atoms with Gasteiger partial charge in [-0.05, 0) is 49.9 Å². The standard InChI is InChI=1S/C13H18F3NO/c1-8-5-10(3)12(6-9(8)2)11(4)17-18-7-13(14,15)16/h5-6,11,17H,7H2,1-4H3. The molecule has 0 aliphatic carbocycles. The zero-order valence-corrected chi connectivity index (χ0v) is 11.0. The lowest BCUT2D eigenvalue weighted by atomic mass is 9.97. The minimum Gasteiger partial charge on any atom is -0.292 e. The third kappa shape index (κ3) is 4.31. The summed E-state index contributed by atoms with van der Waals surface area (Å²) in [5.41, 5.74) is 6.68. The average Bonchev–Trinajstić information content (AvgIpc) is 2.21. The van der Waals surface area contributed by atoms with Crippen LogP contribution in [0, 0.1) is 20.8 Å². The van der Waals surface area contributed by atoms with Crippen LogP contribution in [-0.4, -0.2) is 12.8 Å². The van der Waals surface area contributed by atoms with Crippen LogP contribution in [0.5, 0.6) is 0 Å². The molecule has 1 aromatic rings. The molecular formula is C13H18F3NO. The Morgan fingerprint density at radius 1 is 1.11 bits per heavy atom. The van der Waals surface area contributed by atoms with Gasteiger partial charge in [0.05, 0.1) is 6.04 Å². The fraction of sp³-hybridized carbons (Fsp3) is 0.538. The number of aryl methyl sites for hydroxylation is 3. The Morgan fingerprint density at radius 3 is 2.22 bits per heavy atom. The van der Waals surface area contributed by atoms with Crippen LogP contribution in [0.15, 0.2) is 12.1 Å². The predicted molar refractivity (Wildman–Crippen MR) is 64.2 cm³/mol. The van der Waals surface area contributed by atoms with Crippen LogP contribution >= 0.6 is 0 Å². The highest BCUT2D eigenvalue weighted by atomic mass is 19.4. The van der Waals surface area contributed by atoms with Crippen LogP contribution in [0.2, 0.25) is 0 Å². The number of alkyl halides is 3. The molecule has 18 heavy (non-hydrogen) atoms. The van der Waals surface area contributed by atoms with Crippen molar-refractivity contribution in [2.45, 2.75) is 39.9 Å². The molecule has 0 spiro atoms. The smallest absolute Gasteiger partial charge is 0.292 e. The molecule has 0 bridgehead atoms. The molecule has 1 aromatic carbocycles. The van der Waals surface area contributed by atoms with Gasteiger partial charge in [-0.1, -0.05) is 12.1 Å². The molecule has 0 saturated heterocycles. The molecule has 0 aromatic heterocycles. The van der Waals surface area contributed by atoms with E-state index in [0.29, 0.717) is 0 Å². The molecule has 1 unspecified atom stereocenters. The van der Waals surface area contributed by atoms with Crippen molar-refractivity contribution in [2.24, 2.45) is 0 Å². The Morgan fingerprint density at radius 2 is 1.67 bits per heavy atom. The van der Waals surface area contributed by atoms with Gasteiger partial charge >= 0.3 is 6.18 Å². The van der Waals surface area contributed by atoms with Gasteiger partial charge < -0.3 is 0 Å².